The van der Waals surface area contributed by atoms with Gasteiger partial charge >= 0.3 is 18.2 Å². The molecular weight excluding hydrogens is 499 g/mol. The Hall–Kier alpha value is -4.34. The molecule has 0 fully saturated rings. The lowest BCUT2D eigenvalue weighted by molar-refractivity contribution is -0.143. The Morgan fingerprint density at radius 3 is 2.03 bits per heavy atom. The number of carbonyl (C=O) groups excluding carboxylic acids is 2. The fourth-order valence-corrected chi connectivity index (χ4v) is 4.60. The van der Waals surface area contributed by atoms with Gasteiger partial charge in [0, 0.05) is 16.9 Å². The maximum atomic E-state index is 13.0. The zero-order valence-corrected chi connectivity index (χ0v) is 20.7. The number of carboxylic acid groups (broad SMARTS) is 1. The van der Waals surface area contributed by atoms with E-state index in [1.54, 1.807) is 36.4 Å². The second kappa shape index (κ2) is 10.6. The monoisotopic (exact) mass is 525 g/mol. The zero-order valence-electron chi connectivity index (χ0n) is 20.7. The molecule has 0 radical (unpaired) electrons. The molecule has 7 nitrogen and oxygen atoms in total. The Kier molecular flexibility index (Phi) is 7.43. The number of carbonyl (C=O) groups is 3. The summed E-state index contributed by atoms with van der Waals surface area (Å²) in [6, 6.07) is 14.5. The van der Waals surface area contributed by atoms with Crippen LogP contribution in [0.3, 0.4) is 0 Å². The van der Waals surface area contributed by atoms with Gasteiger partial charge in [-0.3, -0.25) is 4.79 Å². The number of halogens is 3. The molecule has 3 aromatic carbocycles. The second-order valence-electron chi connectivity index (χ2n) is 9.06. The number of alkyl halides is 3. The van der Waals surface area contributed by atoms with Gasteiger partial charge in [-0.25, -0.2) is 9.59 Å². The van der Waals surface area contributed by atoms with Crippen LogP contribution in [0.4, 0.5) is 29.3 Å². The number of anilines is 2. The van der Waals surface area contributed by atoms with Gasteiger partial charge in [0.15, 0.2) is 0 Å². The lowest BCUT2D eigenvalue weighted by Gasteiger charge is -2.28. The minimum absolute atomic E-state index is 0.215. The molecule has 0 saturated carbocycles. The molecule has 0 aromatic heterocycles. The van der Waals surface area contributed by atoms with Gasteiger partial charge in [0.05, 0.1) is 11.6 Å². The molecule has 0 saturated heterocycles. The zero-order chi connectivity index (χ0) is 27.6. The summed E-state index contributed by atoms with van der Waals surface area (Å²) in [6.07, 6.45) is -3.45. The van der Waals surface area contributed by atoms with E-state index in [1.807, 2.05) is 19.9 Å². The number of hydrogen-bond donors (Lipinski definition) is 3. The summed E-state index contributed by atoms with van der Waals surface area (Å²) >= 11 is 0. The van der Waals surface area contributed by atoms with E-state index in [1.165, 1.54) is 17.0 Å². The number of nitrogens with one attached hydrogen (secondary N) is 2. The standard InChI is InChI=1S/C28H26F3N3O4/c1-3-4-24(26(36)37)34-16(2)23-15-18(7-14-22(23)25(34)35)17-5-10-20(11-6-17)32-27(38)33-21-12-8-19(9-13-21)28(29,30)31/h5-16,24H,3-4H2,1-2H3,(H,36,37)(H2,32,33,38)/t16-,24?/m0/s1. The average Bonchev–Trinajstić information content (AvgIpc) is 3.11. The fraction of sp³-hybridized carbons (Fsp3) is 0.250. The Labute approximate surface area is 217 Å². The molecule has 0 bridgehead atoms. The number of urea groups is 1. The molecule has 198 valence electrons. The van der Waals surface area contributed by atoms with Crippen molar-refractivity contribution in [2.75, 3.05) is 10.6 Å². The molecule has 0 aliphatic carbocycles. The highest BCUT2D eigenvalue weighted by Gasteiger charge is 2.41. The number of hydrogen-bond acceptors (Lipinski definition) is 3. The molecule has 38 heavy (non-hydrogen) atoms. The van der Waals surface area contributed by atoms with Crippen LogP contribution in [0, 0.1) is 0 Å². The van der Waals surface area contributed by atoms with Crippen molar-refractivity contribution in [3.63, 3.8) is 0 Å². The van der Waals surface area contributed by atoms with Gasteiger partial charge in [0.25, 0.3) is 5.91 Å². The third-order valence-corrected chi connectivity index (χ3v) is 6.51. The highest BCUT2D eigenvalue weighted by molar-refractivity contribution is 6.02. The summed E-state index contributed by atoms with van der Waals surface area (Å²) in [5.74, 6) is -1.32. The predicted octanol–water partition coefficient (Wildman–Crippen LogP) is 6.79. The molecule has 4 rings (SSSR count). The highest BCUT2D eigenvalue weighted by Crippen LogP contribution is 2.38. The first kappa shape index (κ1) is 26.7. The normalized spacial score (nSPS) is 15.7. The number of aliphatic carboxylic acids is 1. The quantitative estimate of drug-likeness (QED) is 0.316. The fourth-order valence-electron chi connectivity index (χ4n) is 4.60. The van der Waals surface area contributed by atoms with Crippen molar-refractivity contribution in [2.24, 2.45) is 0 Å². The lowest BCUT2D eigenvalue weighted by atomic mass is 9.97. The first-order valence-electron chi connectivity index (χ1n) is 12.0. The molecule has 10 heteroatoms. The largest absolute Gasteiger partial charge is 0.480 e. The van der Waals surface area contributed by atoms with Crippen LogP contribution in [0.5, 0.6) is 0 Å². The van der Waals surface area contributed by atoms with Gasteiger partial charge in [-0.2, -0.15) is 13.2 Å². The molecule has 2 atom stereocenters. The van der Waals surface area contributed by atoms with Gasteiger partial charge in [0.2, 0.25) is 0 Å². The van der Waals surface area contributed by atoms with Crippen LogP contribution in [-0.2, 0) is 11.0 Å². The summed E-state index contributed by atoms with van der Waals surface area (Å²) < 4.78 is 38.1. The van der Waals surface area contributed by atoms with E-state index in [0.717, 1.165) is 28.8 Å². The van der Waals surface area contributed by atoms with Gasteiger partial charge < -0.3 is 20.6 Å². The van der Waals surface area contributed by atoms with Gasteiger partial charge in [-0.05, 0) is 78.6 Å². The van der Waals surface area contributed by atoms with E-state index in [4.69, 9.17) is 0 Å². The number of rotatable bonds is 7. The van der Waals surface area contributed by atoms with E-state index in [2.05, 4.69) is 10.6 Å². The summed E-state index contributed by atoms with van der Waals surface area (Å²) in [6.45, 7) is 3.70. The van der Waals surface area contributed by atoms with Gasteiger partial charge in [-0.1, -0.05) is 31.5 Å². The van der Waals surface area contributed by atoms with Crippen LogP contribution in [0.1, 0.15) is 54.2 Å². The van der Waals surface area contributed by atoms with Crippen molar-refractivity contribution in [3.8, 4) is 11.1 Å². The van der Waals surface area contributed by atoms with Crippen molar-refractivity contribution in [3.05, 3.63) is 83.4 Å². The van der Waals surface area contributed by atoms with E-state index < -0.39 is 29.8 Å². The number of benzene rings is 3. The third-order valence-electron chi connectivity index (χ3n) is 6.51. The number of fused-ring (bicyclic) bond motifs is 1. The Morgan fingerprint density at radius 2 is 1.50 bits per heavy atom. The van der Waals surface area contributed by atoms with Crippen LogP contribution < -0.4 is 10.6 Å². The average molecular weight is 526 g/mol. The molecule has 1 unspecified atom stereocenters. The van der Waals surface area contributed by atoms with Crippen molar-refractivity contribution in [2.45, 2.75) is 44.9 Å². The molecule has 1 aliphatic rings. The smallest absolute Gasteiger partial charge is 0.416 e. The maximum absolute atomic E-state index is 13.0. The topological polar surface area (TPSA) is 98.7 Å². The van der Waals surface area contributed by atoms with Crippen LogP contribution in [0.15, 0.2) is 66.7 Å². The van der Waals surface area contributed by atoms with Crippen LogP contribution in [0.2, 0.25) is 0 Å². The van der Waals surface area contributed by atoms with Crippen molar-refractivity contribution in [1.29, 1.82) is 0 Å². The van der Waals surface area contributed by atoms with Crippen LogP contribution in [0.25, 0.3) is 11.1 Å². The predicted molar refractivity (Wildman–Crippen MR) is 137 cm³/mol. The second-order valence-corrected chi connectivity index (χ2v) is 9.06. The SMILES string of the molecule is CCCC(C(=O)O)N1C(=O)c2ccc(-c3ccc(NC(=O)Nc4ccc(C(F)(F)F)cc4)cc3)cc2[C@@H]1C. The van der Waals surface area contributed by atoms with Crippen LogP contribution in [-0.4, -0.2) is 34.0 Å². The van der Waals surface area contributed by atoms with Gasteiger partial charge in [0.1, 0.15) is 6.04 Å². The number of carboxylic acids is 1. The number of amides is 3. The van der Waals surface area contributed by atoms with E-state index in [-0.39, 0.29) is 17.6 Å². The first-order valence-corrected chi connectivity index (χ1v) is 12.0. The van der Waals surface area contributed by atoms with E-state index >= 15 is 0 Å². The molecule has 3 amide bonds. The Bertz CT molecular complexity index is 1360. The Balaban J connectivity index is 1.45. The summed E-state index contributed by atoms with van der Waals surface area (Å²) in [4.78, 5) is 38.5. The molecule has 3 aromatic rings. The van der Waals surface area contributed by atoms with Crippen LogP contribution >= 0.6 is 0 Å². The molecule has 1 heterocycles. The van der Waals surface area contributed by atoms with Crippen molar-refractivity contribution >= 4 is 29.3 Å². The first-order chi connectivity index (χ1) is 18.0. The summed E-state index contributed by atoms with van der Waals surface area (Å²) in [7, 11) is 0. The number of nitrogens with zero attached hydrogens (tertiary/aromatic N) is 1. The summed E-state index contributed by atoms with van der Waals surface area (Å²) in [5, 5.41) is 14.8. The van der Waals surface area contributed by atoms with E-state index in [0.29, 0.717) is 24.1 Å². The lowest BCUT2D eigenvalue weighted by Crippen LogP contribution is -2.42. The van der Waals surface area contributed by atoms with Crippen molar-refractivity contribution in [1.82, 2.24) is 4.90 Å². The van der Waals surface area contributed by atoms with Crippen molar-refractivity contribution < 1.29 is 32.7 Å². The third kappa shape index (κ3) is 5.49. The minimum atomic E-state index is -4.45. The molecule has 1 aliphatic heterocycles. The highest BCUT2D eigenvalue weighted by atomic mass is 19.4. The van der Waals surface area contributed by atoms with E-state index in [9.17, 15) is 32.7 Å². The molecule has 0 spiro atoms. The summed E-state index contributed by atoms with van der Waals surface area (Å²) in [5.41, 5.74) is 2.77. The molecular formula is C28H26F3N3O4. The minimum Gasteiger partial charge on any atom is -0.480 e. The van der Waals surface area contributed by atoms with Gasteiger partial charge in [-0.15, -0.1) is 0 Å². The molecule has 3 N–H and O–H groups in total. The maximum Gasteiger partial charge on any atom is 0.416 e. The Morgan fingerprint density at radius 1 is 0.947 bits per heavy atom.